The van der Waals surface area contributed by atoms with Gasteiger partial charge in [0.2, 0.25) is 0 Å². The molecule has 0 spiro atoms. The minimum Gasteiger partial charge on any atom is -0.477 e. The lowest BCUT2D eigenvalue weighted by atomic mass is 10.1. The number of rotatable bonds is 2. The van der Waals surface area contributed by atoms with Crippen LogP contribution in [0.15, 0.2) is 12.1 Å². The molecule has 1 aliphatic rings. The minimum atomic E-state index is -1.07. The summed E-state index contributed by atoms with van der Waals surface area (Å²) in [5.74, 6) is -1.07. The fraction of sp³-hybridized carbons (Fsp3) is 0.444. The van der Waals surface area contributed by atoms with E-state index >= 15 is 0 Å². The number of aromatic carboxylic acids is 1. The first kappa shape index (κ1) is 10.2. The van der Waals surface area contributed by atoms with Crippen LogP contribution in [0.4, 0.5) is 0 Å². The normalized spacial score (nSPS) is 30.7. The van der Waals surface area contributed by atoms with Crippen molar-refractivity contribution in [1.82, 2.24) is 4.98 Å². The molecule has 0 saturated carbocycles. The minimum absolute atomic E-state index is 0.0298. The zero-order chi connectivity index (χ0) is 11.0. The number of aliphatic hydroxyl groups is 2. The van der Waals surface area contributed by atoms with E-state index in [4.69, 9.17) is 9.84 Å². The highest BCUT2D eigenvalue weighted by Gasteiger charge is 2.36. The van der Waals surface area contributed by atoms with Crippen molar-refractivity contribution in [3.05, 3.63) is 23.5 Å². The second-order valence-corrected chi connectivity index (χ2v) is 3.44. The van der Waals surface area contributed by atoms with Crippen LogP contribution in [-0.4, -0.2) is 45.1 Å². The SMILES string of the molecule is O=C(O)c1ccc([C@@H]2OC[C@@H](O)[C@H]2O)[nH]1. The Bertz CT molecular complexity index is 374. The molecule has 0 amide bonds. The van der Waals surface area contributed by atoms with Gasteiger partial charge in [-0.05, 0) is 12.1 Å². The second kappa shape index (κ2) is 3.65. The molecule has 2 rings (SSSR count). The molecule has 1 fully saturated rings. The van der Waals surface area contributed by atoms with Crippen LogP contribution in [0.5, 0.6) is 0 Å². The van der Waals surface area contributed by atoms with Gasteiger partial charge in [0.25, 0.3) is 0 Å². The molecule has 4 N–H and O–H groups in total. The number of carboxylic acids is 1. The number of aromatic nitrogens is 1. The van der Waals surface area contributed by atoms with E-state index in [1.54, 1.807) is 0 Å². The second-order valence-electron chi connectivity index (χ2n) is 3.44. The first-order valence-electron chi connectivity index (χ1n) is 4.49. The lowest BCUT2D eigenvalue weighted by Crippen LogP contribution is -2.25. The Kier molecular flexibility index (Phi) is 2.47. The molecule has 0 bridgehead atoms. The van der Waals surface area contributed by atoms with Gasteiger partial charge in [-0.3, -0.25) is 0 Å². The van der Waals surface area contributed by atoms with E-state index in [0.29, 0.717) is 5.69 Å². The van der Waals surface area contributed by atoms with E-state index in [-0.39, 0.29) is 12.3 Å². The Balaban J connectivity index is 2.19. The van der Waals surface area contributed by atoms with E-state index < -0.39 is 24.3 Å². The van der Waals surface area contributed by atoms with E-state index in [2.05, 4.69) is 4.98 Å². The Hall–Kier alpha value is -1.37. The summed E-state index contributed by atoms with van der Waals surface area (Å²) >= 11 is 0. The summed E-state index contributed by atoms with van der Waals surface area (Å²) in [6, 6.07) is 2.91. The van der Waals surface area contributed by atoms with Crippen LogP contribution in [0.2, 0.25) is 0 Å². The summed E-state index contributed by atoms with van der Waals surface area (Å²) in [7, 11) is 0. The summed E-state index contributed by atoms with van der Waals surface area (Å²) in [5, 5.41) is 27.4. The van der Waals surface area contributed by atoms with Crippen molar-refractivity contribution in [2.75, 3.05) is 6.61 Å². The fourth-order valence-corrected chi connectivity index (χ4v) is 1.58. The Morgan fingerprint density at radius 2 is 2.20 bits per heavy atom. The third kappa shape index (κ3) is 1.74. The first-order valence-corrected chi connectivity index (χ1v) is 4.49. The summed E-state index contributed by atoms with van der Waals surface area (Å²) < 4.78 is 5.13. The number of nitrogens with one attached hydrogen (secondary N) is 1. The molecule has 1 aromatic rings. The number of carbonyl (C=O) groups is 1. The molecule has 1 saturated heterocycles. The largest absolute Gasteiger partial charge is 0.477 e. The lowest BCUT2D eigenvalue weighted by Gasteiger charge is -2.12. The average Bonchev–Trinajstić information content (AvgIpc) is 2.76. The van der Waals surface area contributed by atoms with Crippen molar-refractivity contribution in [1.29, 1.82) is 0 Å². The number of aromatic amines is 1. The van der Waals surface area contributed by atoms with E-state index in [0.717, 1.165) is 0 Å². The topological polar surface area (TPSA) is 103 Å². The van der Waals surface area contributed by atoms with Crippen LogP contribution < -0.4 is 0 Å². The van der Waals surface area contributed by atoms with Crippen LogP contribution in [0.1, 0.15) is 22.3 Å². The van der Waals surface area contributed by atoms with Gasteiger partial charge in [-0.25, -0.2) is 4.79 Å². The summed E-state index contributed by atoms with van der Waals surface area (Å²) in [6.07, 6.45) is -2.63. The Morgan fingerprint density at radius 1 is 1.47 bits per heavy atom. The molecule has 0 aromatic carbocycles. The smallest absolute Gasteiger partial charge is 0.352 e. The Morgan fingerprint density at radius 3 is 2.67 bits per heavy atom. The van der Waals surface area contributed by atoms with Gasteiger partial charge in [0.05, 0.1) is 6.61 Å². The number of carboxylic acid groups (broad SMARTS) is 1. The molecule has 82 valence electrons. The molecule has 1 aliphatic heterocycles. The van der Waals surface area contributed by atoms with Gasteiger partial charge in [0, 0.05) is 5.69 Å². The van der Waals surface area contributed by atoms with Gasteiger partial charge in [-0.15, -0.1) is 0 Å². The van der Waals surface area contributed by atoms with Crippen molar-refractivity contribution < 1.29 is 24.9 Å². The van der Waals surface area contributed by atoms with Crippen LogP contribution in [0.25, 0.3) is 0 Å². The van der Waals surface area contributed by atoms with Gasteiger partial charge in [-0.2, -0.15) is 0 Å². The van der Waals surface area contributed by atoms with Crippen molar-refractivity contribution in [3.63, 3.8) is 0 Å². The number of aliphatic hydroxyl groups excluding tert-OH is 2. The Labute approximate surface area is 85.1 Å². The van der Waals surface area contributed by atoms with Gasteiger partial charge in [0.1, 0.15) is 24.0 Å². The van der Waals surface area contributed by atoms with E-state index in [1.165, 1.54) is 12.1 Å². The number of ether oxygens (including phenoxy) is 1. The zero-order valence-electron chi connectivity index (χ0n) is 7.75. The molecule has 1 aromatic heterocycles. The number of hydrogen-bond donors (Lipinski definition) is 4. The van der Waals surface area contributed by atoms with Crippen LogP contribution in [-0.2, 0) is 4.74 Å². The first-order chi connectivity index (χ1) is 7.09. The van der Waals surface area contributed by atoms with Gasteiger partial charge in [0.15, 0.2) is 0 Å². The number of hydrogen-bond acceptors (Lipinski definition) is 4. The van der Waals surface area contributed by atoms with E-state index in [1.807, 2.05) is 0 Å². The number of H-pyrrole nitrogens is 1. The molecule has 6 nitrogen and oxygen atoms in total. The monoisotopic (exact) mass is 213 g/mol. The highest BCUT2D eigenvalue weighted by Crippen LogP contribution is 2.28. The molecule has 15 heavy (non-hydrogen) atoms. The maximum absolute atomic E-state index is 10.6. The molecule has 0 unspecified atom stereocenters. The summed E-state index contributed by atoms with van der Waals surface area (Å²) in [4.78, 5) is 13.2. The fourth-order valence-electron chi connectivity index (χ4n) is 1.58. The summed E-state index contributed by atoms with van der Waals surface area (Å²) in [6.45, 7) is 0.0489. The molecule has 0 aliphatic carbocycles. The molecule has 3 atom stereocenters. The van der Waals surface area contributed by atoms with Gasteiger partial charge in [-0.1, -0.05) is 0 Å². The average molecular weight is 213 g/mol. The zero-order valence-corrected chi connectivity index (χ0v) is 7.75. The molecular weight excluding hydrogens is 202 g/mol. The highest BCUT2D eigenvalue weighted by molar-refractivity contribution is 5.85. The highest BCUT2D eigenvalue weighted by atomic mass is 16.5. The van der Waals surface area contributed by atoms with Crippen molar-refractivity contribution in [3.8, 4) is 0 Å². The van der Waals surface area contributed by atoms with Crippen LogP contribution >= 0.6 is 0 Å². The van der Waals surface area contributed by atoms with Crippen molar-refractivity contribution >= 4 is 5.97 Å². The molecule has 6 heteroatoms. The van der Waals surface area contributed by atoms with Crippen LogP contribution in [0.3, 0.4) is 0 Å². The van der Waals surface area contributed by atoms with Crippen molar-refractivity contribution in [2.45, 2.75) is 18.3 Å². The standard InChI is InChI=1S/C9H11NO5/c11-6-3-15-8(7(6)12)4-1-2-5(10-4)9(13)14/h1-2,6-8,10-12H,3H2,(H,13,14)/t6-,7-,8+/m1/s1. The third-order valence-corrected chi connectivity index (χ3v) is 2.40. The molecule has 0 radical (unpaired) electrons. The van der Waals surface area contributed by atoms with Crippen LogP contribution in [0, 0.1) is 0 Å². The maximum atomic E-state index is 10.6. The van der Waals surface area contributed by atoms with E-state index in [9.17, 15) is 15.0 Å². The quantitative estimate of drug-likeness (QED) is 0.530. The summed E-state index contributed by atoms with van der Waals surface area (Å²) in [5.41, 5.74) is 0.485. The van der Waals surface area contributed by atoms with Gasteiger partial charge < -0.3 is 25.0 Å². The molecular formula is C9H11NO5. The van der Waals surface area contributed by atoms with Gasteiger partial charge >= 0.3 is 5.97 Å². The van der Waals surface area contributed by atoms with Crippen molar-refractivity contribution in [2.24, 2.45) is 0 Å². The molecule has 2 heterocycles. The lowest BCUT2D eigenvalue weighted by molar-refractivity contribution is 0.0206. The third-order valence-electron chi connectivity index (χ3n) is 2.40. The maximum Gasteiger partial charge on any atom is 0.352 e. The predicted octanol–water partition coefficient (Wildman–Crippen LogP) is -0.494. The predicted molar refractivity (Wildman–Crippen MR) is 48.5 cm³/mol.